The van der Waals surface area contributed by atoms with Crippen LogP contribution in [0.2, 0.25) is 0 Å². The first-order valence-corrected chi connectivity index (χ1v) is 3.56. The predicted molar refractivity (Wildman–Crippen MR) is 35.7 cm³/mol. The summed E-state index contributed by atoms with van der Waals surface area (Å²) in [5.41, 5.74) is 0. The zero-order valence-corrected chi connectivity index (χ0v) is 5.60. The molecular weight excluding hydrogens is 114 g/mol. The lowest BCUT2D eigenvalue weighted by atomic mass is 10.2. The lowest BCUT2D eigenvalue weighted by Gasteiger charge is -2.10. The van der Waals surface area contributed by atoms with Crippen LogP contribution in [0.25, 0.3) is 0 Å². The Morgan fingerprint density at radius 3 is 2.00 bits per heavy atom. The standard InChI is InChI=1S/C7H12NO/c9-7-8-5-3-1-2-4-6-8/h1-6H2. The average molecular weight is 126 g/mol. The van der Waals surface area contributed by atoms with Gasteiger partial charge in [0.25, 0.3) is 0 Å². The highest BCUT2D eigenvalue weighted by atomic mass is 16.1. The van der Waals surface area contributed by atoms with Crippen molar-refractivity contribution in [3.8, 4) is 0 Å². The number of amides is 1. The van der Waals surface area contributed by atoms with E-state index >= 15 is 0 Å². The number of nitrogens with zero attached hydrogens (tertiary/aromatic N) is 1. The largest absolute Gasteiger partial charge is 0.334 e. The Balaban J connectivity index is 2.26. The molecule has 1 amide bonds. The van der Waals surface area contributed by atoms with Crippen LogP contribution < -0.4 is 0 Å². The third kappa shape index (κ3) is 2.04. The van der Waals surface area contributed by atoms with Gasteiger partial charge >= 0.3 is 6.41 Å². The molecule has 2 nitrogen and oxygen atoms in total. The zero-order valence-electron chi connectivity index (χ0n) is 5.60. The van der Waals surface area contributed by atoms with E-state index in [9.17, 15) is 4.79 Å². The summed E-state index contributed by atoms with van der Waals surface area (Å²) in [5.74, 6) is 0. The minimum Gasteiger partial charge on any atom is -0.334 e. The molecule has 1 heterocycles. The van der Waals surface area contributed by atoms with E-state index in [2.05, 4.69) is 0 Å². The topological polar surface area (TPSA) is 20.3 Å². The molecule has 0 N–H and O–H groups in total. The van der Waals surface area contributed by atoms with Gasteiger partial charge in [-0.3, -0.25) is 4.79 Å². The van der Waals surface area contributed by atoms with E-state index in [-0.39, 0.29) is 0 Å². The van der Waals surface area contributed by atoms with Crippen LogP contribution in [0.15, 0.2) is 0 Å². The fourth-order valence-corrected chi connectivity index (χ4v) is 1.16. The Kier molecular flexibility index (Phi) is 2.55. The van der Waals surface area contributed by atoms with Gasteiger partial charge in [0.1, 0.15) is 0 Å². The van der Waals surface area contributed by atoms with Gasteiger partial charge in [-0.2, -0.15) is 0 Å². The molecule has 1 aliphatic rings. The molecule has 1 rings (SSSR count). The van der Waals surface area contributed by atoms with E-state index < -0.39 is 0 Å². The van der Waals surface area contributed by atoms with Gasteiger partial charge in [-0.05, 0) is 12.8 Å². The smallest absolute Gasteiger partial charge is 0.312 e. The Bertz CT molecular complexity index is 84.9. The van der Waals surface area contributed by atoms with Crippen molar-refractivity contribution in [2.24, 2.45) is 0 Å². The molecule has 1 fully saturated rings. The second-order valence-corrected chi connectivity index (χ2v) is 2.49. The van der Waals surface area contributed by atoms with Gasteiger partial charge in [-0.25, -0.2) is 0 Å². The van der Waals surface area contributed by atoms with Gasteiger partial charge < -0.3 is 4.90 Å². The molecule has 0 bridgehead atoms. The van der Waals surface area contributed by atoms with Crippen molar-refractivity contribution in [1.29, 1.82) is 0 Å². The van der Waals surface area contributed by atoms with Crippen molar-refractivity contribution < 1.29 is 4.79 Å². The molecule has 2 heteroatoms. The Morgan fingerprint density at radius 2 is 1.56 bits per heavy atom. The third-order valence-electron chi connectivity index (χ3n) is 1.74. The lowest BCUT2D eigenvalue weighted by molar-refractivity contribution is 0.391. The van der Waals surface area contributed by atoms with Crippen molar-refractivity contribution in [3.05, 3.63) is 0 Å². The summed E-state index contributed by atoms with van der Waals surface area (Å²) in [6.45, 7) is 1.84. The first-order valence-electron chi connectivity index (χ1n) is 3.56. The molecule has 0 spiro atoms. The predicted octanol–water partition coefficient (Wildman–Crippen LogP) is 0.930. The first-order chi connectivity index (χ1) is 4.43. The summed E-state index contributed by atoms with van der Waals surface area (Å²) in [6, 6.07) is 0. The van der Waals surface area contributed by atoms with Crippen LogP contribution >= 0.6 is 0 Å². The van der Waals surface area contributed by atoms with E-state index in [0.717, 1.165) is 25.9 Å². The maximum atomic E-state index is 10.1. The molecule has 0 atom stereocenters. The zero-order chi connectivity index (χ0) is 6.53. The average Bonchev–Trinajstić information content (AvgIpc) is 2.13. The summed E-state index contributed by atoms with van der Waals surface area (Å²) in [5, 5.41) is 0. The van der Waals surface area contributed by atoms with Gasteiger partial charge in [0.05, 0.1) is 0 Å². The summed E-state index contributed by atoms with van der Waals surface area (Å²) in [4.78, 5) is 11.9. The summed E-state index contributed by atoms with van der Waals surface area (Å²) < 4.78 is 0. The van der Waals surface area contributed by atoms with Crippen molar-refractivity contribution in [3.63, 3.8) is 0 Å². The lowest BCUT2D eigenvalue weighted by Crippen LogP contribution is -2.22. The van der Waals surface area contributed by atoms with E-state index in [1.807, 2.05) is 6.41 Å². The van der Waals surface area contributed by atoms with Gasteiger partial charge in [-0.15, -0.1) is 0 Å². The maximum absolute atomic E-state index is 10.1. The van der Waals surface area contributed by atoms with E-state index in [1.54, 1.807) is 4.90 Å². The third-order valence-corrected chi connectivity index (χ3v) is 1.74. The summed E-state index contributed by atoms with van der Waals surface area (Å²) in [6.07, 6.45) is 6.80. The Hall–Kier alpha value is -0.530. The van der Waals surface area contributed by atoms with Crippen molar-refractivity contribution in [2.75, 3.05) is 13.1 Å². The highest BCUT2D eigenvalue weighted by Gasteiger charge is 2.05. The molecule has 1 radical (unpaired) electrons. The number of likely N-dealkylation sites (tertiary alicyclic amines) is 1. The molecule has 0 aromatic heterocycles. The highest BCUT2D eigenvalue weighted by Crippen LogP contribution is 2.06. The minimum atomic E-state index is 0.920. The van der Waals surface area contributed by atoms with E-state index in [4.69, 9.17) is 0 Å². The van der Waals surface area contributed by atoms with Crippen LogP contribution in [0.5, 0.6) is 0 Å². The molecule has 0 aromatic rings. The van der Waals surface area contributed by atoms with Gasteiger partial charge in [0.15, 0.2) is 0 Å². The monoisotopic (exact) mass is 126 g/mol. The van der Waals surface area contributed by atoms with E-state index in [0.29, 0.717) is 0 Å². The van der Waals surface area contributed by atoms with Crippen LogP contribution in [0.1, 0.15) is 25.7 Å². The fourth-order valence-electron chi connectivity index (χ4n) is 1.16. The fraction of sp³-hybridized carbons (Fsp3) is 0.857. The van der Waals surface area contributed by atoms with Crippen LogP contribution in [0.4, 0.5) is 0 Å². The normalized spacial score (nSPS) is 21.1. The number of hydrogen-bond donors (Lipinski definition) is 0. The van der Waals surface area contributed by atoms with Crippen LogP contribution in [-0.4, -0.2) is 24.4 Å². The van der Waals surface area contributed by atoms with Crippen molar-refractivity contribution in [1.82, 2.24) is 4.90 Å². The summed E-state index contributed by atoms with van der Waals surface area (Å²) in [7, 11) is 0. The molecule has 1 saturated heterocycles. The number of carbonyl (C=O) groups excluding carboxylic acids is 1. The molecule has 51 valence electrons. The first kappa shape index (κ1) is 6.59. The quantitative estimate of drug-likeness (QED) is 0.512. The van der Waals surface area contributed by atoms with Crippen molar-refractivity contribution in [2.45, 2.75) is 25.7 Å². The highest BCUT2D eigenvalue weighted by molar-refractivity contribution is 5.47. The SMILES string of the molecule is O=[C]N1CCCCCC1. The molecule has 0 unspecified atom stereocenters. The molecular formula is C7H12NO. The van der Waals surface area contributed by atoms with Crippen LogP contribution in [-0.2, 0) is 4.79 Å². The maximum Gasteiger partial charge on any atom is 0.312 e. The van der Waals surface area contributed by atoms with E-state index in [1.165, 1.54) is 12.8 Å². The summed E-state index contributed by atoms with van der Waals surface area (Å²) >= 11 is 0. The minimum absolute atomic E-state index is 0.920. The number of hydrogen-bond acceptors (Lipinski definition) is 1. The molecule has 0 aliphatic carbocycles. The molecule has 9 heavy (non-hydrogen) atoms. The molecule has 0 aromatic carbocycles. The van der Waals surface area contributed by atoms with Gasteiger partial charge in [0.2, 0.25) is 0 Å². The van der Waals surface area contributed by atoms with Gasteiger partial charge in [-0.1, -0.05) is 12.8 Å². The Morgan fingerprint density at radius 1 is 1.00 bits per heavy atom. The van der Waals surface area contributed by atoms with Crippen LogP contribution in [0, 0.1) is 0 Å². The van der Waals surface area contributed by atoms with Gasteiger partial charge in [0, 0.05) is 13.1 Å². The van der Waals surface area contributed by atoms with Crippen molar-refractivity contribution >= 4 is 6.41 Å². The second-order valence-electron chi connectivity index (χ2n) is 2.49. The Labute approximate surface area is 55.8 Å². The molecule has 0 saturated carbocycles. The molecule has 1 aliphatic heterocycles. The van der Waals surface area contributed by atoms with Crippen LogP contribution in [0.3, 0.4) is 0 Å². The second kappa shape index (κ2) is 3.49. The number of rotatable bonds is 1.